The maximum Gasteiger partial charge on any atom is 0.119 e. The highest BCUT2D eigenvalue weighted by atomic mass is 16.5. The predicted molar refractivity (Wildman–Crippen MR) is 79.7 cm³/mol. The fourth-order valence-electron chi connectivity index (χ4n) is 2.02. The van der Waals surface area contributed by atoms with E-state index in [0.717, 1.165) is 31.2 Å². The van der Waals surface area contributed by atoms with E-state index in [4.69, 9.17) is 9.47 Å². The van der Waals surface area contributed by atoms with Crippen molar-refractivity contribution in [1.29, 1.82) is 0 Å². The van der Waals surface area contributed by atoms with E-state index in [9.17, 15) is 0 Å². The Hall–Kier alpha value is -1.06. The van der Waals surface area contributed by atoms with Crippen molar-refractivity contribution in [2.24, 2.45) is 5.92 Å². The molecule has 1 atom stereocenters. The first-order valence-corrected chi connectivity index (χ1v) is 7.07. The van der Waals surface area contributed by atoms with Gasteiger partial charge in [0.2, 0.25) is 0 Å². The molecule has 108 valence electrons. The van der Waals surface area contributed by atoms with E-state index < -0.39 is 0 Å². The molecule has 0 fully saturated rings. The predicted octanol–water partition coefficient (Wildman–Crippen LogP) is 3.41. The lowest BCUT2D eigenvalue weighted by Gasteiger charge is -2.19. The molecule has 1 unspecified atom stereocenters. The van der Waals surface area contributed by atoms with Crippen molar-refractivity contribution in [2.45, 2.75) is 32.8 Å². The molecule has 0 saturated carbocycles. The summed E-state index contributed by atoms with van der Waals surface area (Å²) in [5.74, 6) is 1.62. The number of likely N-dealkylation sites (N-methyl/N-ethyl adjacent to an activating group) is 1. The van der Waals surface area contributed by atoms with E-state index in [1.54, 1.807) is 7.11 Å². The Morgan fingerprint density at radius 2 is 2.05 bits per heavy atom. The Bertz CT molecular complexity index is 352. The van der Waals surface area contributed by atoms with Crippen molar-refractivity contribution in [3.63, 3.8) is 0 Å². The van der Waals surface area contributed by atoms with E-state index >= 15 is 0 Å². The lowest BCUT2D eigenvalue weighted by atomic mass is 10.1. The van der Waals surface area contributed by atoms with Gasteiger partial charge >= 0.3 is 0 Å². The van der Waals surface area contributed by atoms with Crippen molar-refractivity contribution >= 4 is 0 Å². The van der Waals surface area contributed by atoms with Crippen LogP contribution in [-0.4, -0.2) is 27.3 Å². The van der Waals surface area contributed by atoms with Gasteiger partial charge in [0.1, 0.15) is 5.75 Å². The number of ether oxygens (including phenoxy) is 2. The van der Waals surface area contributed by atoms with Gasteiger partial charge in [-0.15, -0.1) is 0 Å². The van der Waals surface area contributed by atoms with Crippen molar-refractivity contribution in [1.82, 2.24) is 5.32 Å². The van der Waals surface area contributed by atoms with Crippen molar-refractivity contribution < 1.29 is 9.47 Å². The van der Waals surface area contributed by atoms with E-state index in [1.807, 2.05) is 25.2 Å². The van der Waals surface area contributed by atoms with Gasteiger partial charge in [-0.05, 0) is 43.5 Å². The van der Waals surface area contributed by atoms with E-state index in [-0.39, 0.29) is 6.10 Å². The largest absolute Gasteiger partial charge is 0.497 e. The van der Waals surface area contributed by atoms with Crippen LogP contribution in [0.2, 0.25) is 0 Å². The van der Waals surface area contributed by atoms with Gasteiger partial charge in [0.05, 0.1) is 13.2 Å². The van der Waals surface area contributed by atoms with Gasteiger partial charge < -0.3 is 14.8 Å². The van der Waals surface area contributed by atoms with Gasteiger partial charge in [-0.1, -0.05) is 26.0 Å². The summed E-state index contributed by atoms with van der Waals surface area (Å²) in [4.78, 5) is 0. The maximum atomic E-state index is 6.00. The van der Waals surface area contributed by atoms with Crippen LogP contribution in [0.3, 0.4) is 0 Å². The lowest BCUT2D eigenvalue weighted by Crippen LogP contribution is -2.20. The second kappa shape index (κ2) is 8.94. The van der Waals surface area contributed by atoms with Crippen molar-refractivity contribution in [3.05, 3.63) is 29.8 Å². The summed E-state index contributed by atoms with van der Waals surface area (Å²) in [5.41, 5.74) is 1.17. The van der Waals surface area contributed by atoms with Gasteiger partial charge in [0.15, 0.2) is 0 Å². The molecule has 0 aliphatic rings. The fourth-order valence-corrected chi connectivity index (χ4v) is 2.02. The number of methoxy groups -OCH3 is 1. The average Bonchev–Trinajstić information content (AvgIpc) is 2.42. The van der Waals surface area contributed by atoms with Crippen LogP contribution in [0, 0.1) is 5.92 Å². The van der Waals surface area contributed by atoms with Gasteiger partial charge in [-0.25, -0.2) is 0 Å². The molecule has 1 aromatic carbocycles. The third-order valence-electron chi connectivity index (χ3n) is 3.10. The summed E-state index contributed by atoms with van der Waals surface area (Å²) in [7, 11) is 3.64. The van der Waals surface area contributed by atoms with Crippen LogP contribution in [0.5, 0.6) is 5.75 Å². The van der Waals surface area contributed by atoms with Crippen LogP contribution >= 0.6 is 0 Å². The van der Waals surface area contributed by atoms with Gasteiger partial charge in [-0.3, -0.25) is 0 Å². The Balaban J connectivity index is 2.55. The van der Waals surface area contributed by atoms with Gasteiger partial charge in [-0.2, -0.15) is 0 Å². The van der Waals surface area contributed by atoms with Gasteiger partial charge in [0.25, 0.3) is 0 Å². The molecule has 0 aliphatic carbocycles. The molecule has 19 heavy (non-hydrogen) atoms. The molecule has 1 rings (SSSR count). The fraction of sp³-hybridized carbons (Fsp3) is 0.625. The minimum Gasteiger partial charge on any atom is -0.497 e. The van der Waals surface area contributed by atoms with Crippen LogP contribution < -0.4 is 10.1 Å². The van der Waals surface area contributed by atoms with Crippen LogP contribution in [0.4, 0.5) is 0 Å². The van der Waals surface area contributed by atoms with Crippen LogP contribution in [0.15, 0.2) is 24.3 Å². The first kappa shape index (κ1) is 16.0. The Morgan fingerprint density at radius 3 is 2.68 bits per heavy atom. The summed E-state index contributed by atoms with van der Waals surface area (Å²) >= 11 is 0. The summed E-state index contributed by atoms with van der Waals surface area (Å²) < 4.78 is 11.3. The molecular formula is C16H27NO2. The Kier molecular flexibility index (Phi) is 7.53. The molecule has 0 aliphatic heterocycles. The Labute approximate surface area is 117 Å². The third kappa shape index (κ3) is 6.08. The highest BCUT2D eigenvalue weighted by Crippen LogP contribution is 2.22. The SMILES string of the molecule is CNCC(OCCCC(C)C)c1cccc(OC)c1. The molecular weight excluding hydrogens is 238 g/mol. The van der Waals surface area contributed by atoms with Crippen molar-refractivity contribution in [2.75, 3.05) is 27.3 Å². The molecule has 0 amide bonds. The molecule has 0 saturated heterocycles. The quantitative estimate of drug-likeness (QED) is 0.694. The summed E-state index contributed by atoms with van der Waals surface area (Å²) in [6, 6.07) is 8.10. The monoisotopic (exact) mass is 265 g/mol. The molecule has 0 radical (unpaired) electrons. The number of hydrogen-bond acceptors (Lipinski definition) is 3. The number of nitrogens with one attached hydrogen (secondary N) is 1. The van der Waals surface area contributed by atoms with Crippen LogP contribution in [-0.2, 0) is 4.74 Å². The van der Waals surface area contributed by atoms with Gasteiger partial charge in [0, 0.05) is 13.2 Å². The van der Waals surface area contributed by atoms with Crippen LogP contribution in [0.25, 0.3) is 0 Å². The second-order valence-electron chi connectivity index (χ2n) is 5.23. The molecule has 1 N–H and O–H groups in total. The molecule has 3 heteroatoms. The smallest absolute Gasteiger partial charge is 0.119 e. The summed E-state index contributed by atoms with van der Waals surface area (Å²) in [5, 5.41) is 3.19. The first-order valence-electron chi connectivity index (χ1n) is 7.07. The molecule has 0 bridgehead atoms. The van der Waals surface area contributed by atoms with E-state index in [1.165, 1.54) is 12.0 Å². The highest BCUT2D eigenvalue weighted by Gasteiger charge is 2.11. The minimum absolute atomic E-state index is 0.0901. The molecule has 0 aromatic heterocycles. The van der Waals surface area contributed by atoms with E-state index in [2.05, 4.69) is 25.2 Å². The van der Waals surface area contributed by atoms with Crippen molar-refractivity contribution in [3.8, 4) is 5.75 Å². The third-order valence-corrected chi connectivity index (χ3v) is 3.10. The molecule has 3 nitrogen and oxygen atoms in total. The summed E-state index contributed by atoms with van der Waals surface area (Å²) in [6.07, 6.45) is 2.42. The standard InChI is InChI=1S/C16H27NO2/c1-13(2)7-6-10-19-16(12-17-3)14-8-5-9-15(11-14)18-4/h5,8-9,11,13,16-17H,6-7,10,12H2,1-4H3. The number of benzene rings is 1. The zero-order chi connectivity index (χ0) is 14.1. The average molecular weight is 265 g/mol. The Morgan fingerprint density at radius 1 is 1.26 bits per heavy atom. The zero-order valence-electron chi connectivity index (χ0n) is 12.6. The minimum atomic E-state index is 0.0901. The number of hydrogen-bond donors (Lipinski definition) is 1. The normalized spacial score (nSPS) is 12.7. The number of rotatable bonds is 9. The topological polar surface area (TPSA) is 30.5 Å². The second-order valence-corrected chi connectivity index (χ2v) is 5.23. The molecule has 1 aromatic rings. The summed E-state index contributed by atoms with van der Waals surface area (Å²) in [6.45, 7) is 6.11. The molecule has 0 spiro atoms. The zero-order valence-corrected chi connectivity index (χ0v) is 12.6. The maximum absolute atomic E-state index is 6.00. The van der Waals surface area contributed by atoms with Crippen LogP contribution in [0.1, 0.15) is 38.4 Å². The lowest BCUT2D eigenvalue weighted by molar-refractivity contribution is 0.0498. The first-order chi connectivity index (χ1) is 9.17. The highest BCUT2D eigenvalue weighted by molar-refractivity contribution is 5.30. The van der Waals surface area contributed by atoms with E-state index in [0.29, 0.717) is 0 Å². The molecule has 0 heterocycles.